The number of ether oxygens (including phenoxy) is 1. The van der Waals surface area contributed by atoms with Gasteiger partial charge in [-0.3, -0.25) is 0 Å². The van der Waals surface area contributed by atoms with E-state index in [1.165, 1.54) is 5.56 Å². The number of anilines is 1. The molecule has 0 unspecified atom stereocenters. The second kappa shape index (κ2) is 6.10. The van der Waals surface area contributed by atoms with E-state index >= 15 is 0 Å². The standard InChI is InChI=1S/C16H17N3OS/c1-11-3-5-13(6-4-11)20-9-12(2)19-16-15-14(7-8-21-15)17-10-18-16/h3-8,10,12H,9H2,1-2H3,(H,17,18,19)/t12-/m0/s1. The molecule has 3 rings (SSSR count). The number of hydrogen-bond acceptors (Lipinski definition) is 5. The van der Waals surface area contributed by atoms with Crippen molar-refractivity contribution in [3.8, 4) is 5.75 Å². The number of benzene rings is 1. The van der Waals surface area contributed by atoms with Crippen molar-refractivity contribution in [1.29, 1.82) is 0 Å². The molecule has 0 radical (unpaired) electrons. The van der Waals surface area contributed by atoms with Crippen LogP contribution in [0.2, 0.25) is 0 Å². The first kappa shape index (κ1) is 13.8. The van der Waals surface area contributed by atoms with E-state index in [-0.39, 0.29) is 6.04 Å². The van der Waals surface area contributed by atoms with E-state index in [2.05, 4.69) is 29.1 Å². The molecule has 1 N–H and O–H groups in total. The largest absolute Gasteiger partial charge is 0.491 e. The molecule has 3 aromatic rings. The van der Waals surface area contributed by atoms with Crippen molar-refractivity contribution < 1.29 is 4.74 Å². The smallest absolute Gasteiger partial charge is 0.147 e. The van der Waals surface area contributed by atoms with Crippen molar-refractivity contribution in [2.24, 2.45) is 0 Å². The van der Waals surface area contributed by atoms with Gasteiger partial charge in [0.2, 0.25) is 0 Å². The summed E-state index contributed by atoms with van der Waals surface area (Å²) in [6, 6.07) is 10.2. The molecule has 2 heterocycles. The van der Waals surface area contributed by atoms with Crippen LogP contribution in [0.1, 0.15) is 12.5 Å². The molecule has 1 atom stereocenters. The Kier molecular flexibility index (Phi) is 4.01. The number of nitrogens with one attached hydrogen (secondary N) is 1. The van der Waals surface area contributed by atoms with Crippen molar-refractivity contribution in [2.45, 2.75) is 19.9 Å². The predicted molar refractivity (Wildman–Crippen MR) is 87.2 cm³/mol. The van der Waals surface area contributed by atoms with Gasteiger partial charge in [0.25, 0.3) is 0 Å². The normalized spacial score (nSPS) is 12.3. The SMILES string of the molecule is Cc1ccc(OC[C@H](C)Nc2ncnc3ccsc23)cc1. The highest BCUT2D eigenvalue weighted by Gasteiger charge is 2.09. The topological polar surface area (TPSA) is 47.0 Å². The van der Waals surface area contributed by atoms with Crippen LogP contribution in [0.3, 0.4) is 0 Å². The summed E-state index contributed by atoms with van der Waals surface area (Å²) in [5.74, 6) is 1.76. The van der Waals surface area contributed by atoms with E-state index in [4.69, 9.17) is 4.74 Å². The summed E-state index contributed by atoms with van der Waals surface area (Å²) in [6.45, 7) is 4.73. The number of aryl methyl sites for hydroxylation is 1. The van der Waals surface area contributed by atoms with Crippen molar-refractivity contribution >= 4 is 27.4 Å². The van der Waals surface area contributed by atoms with Gasteiger partial charge in [-0.15, -0.1) is 11.3 Å². The Bertz CT molecular complexity index is 724. The molecule has 108 valence electrons. The van der Waals surface area contributed by atoms with Gasteiger partial charge in [0.1, 0.15) is 24.5 Å². The lowest BCUT2D eigenvalue weighted by molar-refractivity contribution is 0.304. The van der Waals surface area contributed by atoms with Crippen LogP contribution in [0.4, 0.5) is 5.82 Å². The maximum atomic E-state index is 5.79. The fourth-order valence-corrected chi connectivity index (χ4v) is 2.82. The quantitative estimate of drug-likeness (QED) is 0.776. The molecule has 2 aromatic heterocycles. The molecule has 0 spiro atoms. The third-order valence-corrected chi connectivity index (χ3v) is 4.06. The van der Waals surface area contributed by atoms with Gasteiger partial charge < -0.3 is 10.1 Å². The number of nitrogens with zero attached hydrogens (tertiary/aromatic N) is 2. The number of aromatic nitrogens is 2. The Morgan fingerprint density at radius 1 is 1.19 bits per heavy atom. The highest BCUT2D eigenvalue weighted by Crippen LogP contribution is 2.25. The Morgan fingerprint density at radius 3 is 2.81 bits per heavy atom. The number of hydrogen-bond donors (Lipinski definition) is 1. The molecular weight excluding hydrogens is 282 g/mol. The van der Waals surface area contributed by atoms with Crippen LogP contribution in [0.25, 0.3) is 10.2 Å². The van der Waals surface area contributed by atoms with Crippen molar-refractivity contribution in [3.05, 3.63) is 47.6 Å². The summed E-state index contributed by atoms with van der Waals surface area (Å²) in [4.78, 5) is 8.56. The van der Waals surface area contributed by atoms with E-state index in [1.54, 1.807) is 17.7 Å². The zero-order valence-corrected chi connectivity index (χ0v) is 12.9. The molecule has 4 nitrogen and oxygen atoms in total. The summed E-state index contributed by atoms with van der Waals surface area (Å²) in [5.41, 5.74) is 2.21. The van der Waals surface area contributed by atoms with Crippen LogP contribution in [0.15, 0.2) is 42.0 Å². The van der Waals surface area contributed by atoms with Crippen molar-refractivity contribution in [1.82, 2.24) is 9.97 Å². The Morgan fingerprint density at radius 2 is 2.00 bits per heavy atom. The molecule has 0 amide bonds. The highest BCUT2D eigenvalue weighted by molar-refractivity contribution is 7.17. The fraction of sp³-hybridized carbons (Fsp3) is 0.250. The first-order valence-corrected chi connectivity index (χ1v) is 7.74. The average molecular weight is 299 g/mol. The van der Waals surface area contributed by atoms with E-state index in [9.17, 15) is 0 Å². The Hall–Kier alpha value is -2.14. The average Bonchev–Trinajstić information content (AvgIpc) is 2.96. The Labute approximate surface area is 127 Å². The van der Waals surface area contributed by atoms with Crippen LogP contribution in [0, 0.1) is 6.92 Å². The van der Waals surface area contributed by atoms with E-state index in [0.29, 0.717) is 6.61 Å². The van der Waals surface area contributed by atoms with Gasteiger partial charge in [0.05, 0.1) is 16.3 Å². The molecule has 0 aliphatic carbocycles. The first-order chi connectivity index (χ1) is 10.2. The van der Waals surface area contributed by atoms with Gasteiger partial charge in [-0.1, -0.05) is 17.7 Å². The Balaban J connectivity index is 1.62. The van der Waals surface area contributed by atoms with Gasteiger partial charge in [-0.2, -0.15) is 0 Å². The highest BCUT2D eigenvalue weighted by atomic mass is 32.1. The number of fused-ring (bicyclic) bond motifs is 1. The maximum absolute atomic E-state index is 5.79. The van der Waals surface area contributed by atoms with Gasteiger partial charge in [-0.25, -0.2) is 9.97 Å². The van der Waals surface area contributed by atoms with Crippen molar-refractivity contribution in [3.63, 3.8) is 0 Å². The molecule has 0 bridgehead atoms. The maximum Gasteiger partial charge on any atom is 0.147 e. The second-order valence-electron chi connectivity index (χ2n) is 5.03. The second-order valence-corrected chi connectivity index (χ2v) is 5.94. The number of rotatable bonds is 5. The lowest BCUT2D eigenvalue weighted by atomic mass is 10.2. The zero-order valence-electron chi connectivity index (χ0n) is 12.0. The van der Waals surface area contributed by atoms with E-state index in [0.717, 1.165) is 21.8 Å². The van der Waals surface area contributed by atoms with E-state index < -0.39 is 0 Å². The third-order valence-electron chi connectivity index (χ3n) is 3.15. The van der Waals surface area contributed by atoms with Gasteiger partial charge >= 0.3 is 0 Å². The minimum atomic E-state index is 0.159. The summed E-state index contributed by atoms with van der Waals surface area (Å²) in [7, 11) is 0. The molecule has 0 fully saturated rings. The monoisotopic (exact) mass is 299 g/mol. The lowest BCUT2D eigenvalue weighted by Gasteiger charge is -2.16. The molecule has 5 heteroatoms. The molecular formula is C16H17N3OS. The predicted octanol–water partition coefficient (Wildman–Crippen LogP) is 3.88. The molecule has 0 aliphatic heterocycles. The molecule has 0 saturated heterocycles. The summed E-state index contributed by atoms with van der Waals surface area (Å²) in [6.07, 6.45) is 1.59. The molecule has 21 heavy (non-hydrogen) atoms. The zero-order chi connectivity index (χ0) is 14.7. The first-order valence-electron chi connectivity index (χ1n) is 6.86. The summed E-state index contributed by atoms with van der Waals surface area (Å²) < 4.78 is 6.87. The third kappa shape index (κ3) is 3.31. The molecule has 0 aliphatic rings. The van der Waals surface area contributed by atoms with Gasteiger partial charge in [0.15, 0.2) is 0 Å². The van der Waals surface area contributed by atoms with Crippen LogP contribution >= 0.6 is 11.3 Å². The summed E-state index contributed by atoms with van der Waals surface area (Å²) in [5, 5.41) is 5.41. The summed E-state index contributed by atoms with van der Waals surface area (Å²) >= 11 is 1.64. The van der Waals surface area contributed by atoms with Crippen molar-refractivity contribution in [2.75, 3.05) is 11.9 Å². The molecule has 1 aromatic carbocycles. The minimum absolute atomic E-state index is 0.159. The van der Waals surface area contributed by atoms with Crippen LogP contribution < -0.4 is 10.1 Å². The molecule has 0 saturated carbocycles. The van der Waals surface area contributed by atoms with Gasteiger partial charge in [-0.05, 0) is 37.4 Å². The number of thiophene rings is 1. The fourth-order valence-electron chi connectivity index (χ4n) is 2.02. The minimum Gasteiger partial charge on any atom is -0.491 e. The van der Waals surface area contributed by atoms with Crippen LogP contribution in [-0.4, -0.2) is 22.6 Å². The van der Waals surface area contributed by atoms with Crippen LogP contribution in [0.5, 0.6) is 5.75 Å². The van der Waals surface area contributed by atoms with Gasteiger partial charge in [0, 0.05) is 0 Å². The van der Waals surface area contributed by atoms with Crippen LogP contribution in [-0.2, 0) is 0 Å². The lowest BCUT2D eigenvalue weighted by Crippen LogP contribution is -2.24. The van der Waals surface area contributed by atoms with E-state index in [1.807, 2.05) is 35.7 Å².